The van der Waals surface area contributed by atoms with Crippen molar-refractivity contribution in [3.8, 4) is 33.6 Å². The fourth-order valence-electron chi connectivity index (χ4n) is 9.02. The molecule has 0 bridgehead atoms. The predicted molar refractivity (Wildman–Crippen MR) is 330 cm³/mol. The minimum Gasteiger partial charge on any atom is -0.397 e. The van der Waals surface area contributed by atoms with Crippen LogP contribution in [-0.2, 0) is 0 Å². The lowest BCUT2D eigenvalue weighted by molar-refractivity contribution is 0.774. The summed E-state index contributed by atoms with van der Waals surface area (Å²) in [6.07, 6.45) is 9.68. The summed E-state index contributed by atoms with van der Waals surface area (Å²) in [5.41, 5.74) is 18.0. The van der Waals surface area contributed by atoms with Crippen molar-refractivity contribution >= 4 is 145 Å². The summed E-state index contributed by atoms with van der Waals surface area (Å²) in [6, 6.07) is 38.1. The number of aliphatic imine (C=N–C) groups is 1. The Labute approximate surface area is 480 Å². The number of nitrogens with zero attached hydrogens (tertiary/aromatic N) is 11. The smallest absolute Gasteiger partial charge is 0.263 e. The third-order valence-electron chi connectivity index (χ3n) is 12.3. The standard InChI is InChI=1S/C28H19N7OS2.C27H21N7OS.CCl2S.CH4/c1-17(34-26-25-27(31-14-30-26)38-16-33-25)23-11-18-6-5-9-22(19-10-20(32-15-37)13-29-12-19)24(18)28(36)35(23)21-7-3-2-4-8-21;1-16(33-25-24-26(31-14-30-25)36-15-32-24)22-11-17-6-5-9-21(18-10-19(28)13-29-12-18)23(17)27(35)34(22)20-7-3-2-4-8-20;2-1(3)4;/h2-14,16-17H,1H3,(H,30,31,34);2-16H,28H2,1H3,(H,30,31,33);;1H4/t17-;16-;;/m00../s1. The summed E-state index contributed by atoms with van der Waals surface area (Å²) in [5.74, 6) is 1.24. The number of benzene rings is 4. The second-order valence-corrected chi connectivity index (χ2v) is 20.8. The van der Waals surface area contributed by atoms with Crippen LogP contribution in [0.4, 0.5) is 23.0 Å². The monoisotopic (exact) mass is 1150 g/mol. The number of isothiocyanates is 1. The Balaban J connectivity index is 0.000000178. The second kappa shape index (κ2) is 24.8. The van der Waals surface area contributed by atoms with E-state index in [1.807, 2.05) is 135 Å². The Kier molecular flexibility index (Phi) is 17.3. The molecular formula is C57H44Cl2N14O2S4. The molecule has 0 aliphatic carbocycles. The van der Waals surface area contributed by atoms with Crippen LogP contribution in [-0.4, -0.2) is 58.0 Å². The van der Waals surface area contributed by atoms with E-state index in [2.05, 4.69) is 72.9 Å². The van der Waals surface area contributed by atoms with Crippen LogP contribution in [0.2, 0.25) is 0 Å². The van der Waals surface area contributed by atoms with Crippen LogP contribution in [0.1, 0.15) is 44.7 Å². The first kappa shape index (κ1) is 55.2. The van der Waals surface area contributed by atoms with Crippen molar-refractivity contribution in [1.82, 2.24) is 49.0 Å². The van der Waals surface area contributed by atoms with Gasteiger partial charge in [-0.25, -0.2) is 29.9 Å². The van der Waals surface area contributed by atoms with Crippen molar-refractivity contribution < 1.29 is 0 Å². The molecule has 0 amide bonds. The van der Waals surface area contributed by atoms with Gasteiger partial charge in [0.2, 0.25) is 0 Å². The highest BCUT2D eigenvalue weighted by Gasteiger charge is 2.23. The van der Waals surface area contributed by atoms with Crippen LogP contribution in [0.3, 0.4) is 0 Å². The molecule has 16 nitrogen and oxygen atoms in total. The van der Waals surface area contributed by atoms with Gasteiger partial charge in [0.25, 0.3) is 11.1 Å². The number of hydrogen-bond donors (Lipinski definition) is 3. The van der Waals surface area contributed by atoms with Crippen molar-refractivity contribution in [2.24, 2.45) is 4.99 Å². The van der Waals surface area contributed by atoms with Crippen molar-refractivity contribution in [2.75, 3.05) is 16.4 Å². The first-order chi connectivity index (χ1) is 38.0. The zero-order chi connectivity index (χ0) is 54.3. The van der Waals surface area contributed by atoms with E-state index in [0.717, 1.165) is 65.4 Å². The molecule has 0 unspecified atom stereocenters. The maximum atomic E-state index is 14.3. The number of nitrogens with two attached hydrogens (primary N) is 1. The number of halogens is 2. The van der Waals surface area contributed by atoms with E-state index in [1.165, 1.54) is 35.3 Å². The second-order valence-electron chi connectivity index (χ2n) is 17.2. The van der Waals surface area contributed by atoms with Gasteiger partial charge < -0.3 is 16.4 Å². The van der Waals surface area contributed by atoms with E-state index < -0.39 is 0 Å². The molecule has 12 rings (SSSR count). The number of pyridine rings is 4. The molecule has 0 radical (unpaired) electrons. The van der Waals surface area contributed by atoms with Gasteiger partial charge >= 0.3 is 0 Å². The van der Waals surface area contributed by atoms with E-state index in [9.17, 15) is 9.59 Å². The van der Waals surface area contributed by atoms with Crippen molar-refractivity contribution in [1.29, 1.82) is 0 Å². The molecule has 0 spiro atoms. The van der Waals surface area contributed by atoms with Gasteiger partial charge in [-0.1, -0.05) is 116 Å². The Morgan fingerprint density at radius 1 is 0.620 bits per heavy atom. The lowest BCUT2D eigenvalue weighted by Crippen LogP contribution is -2.26. The summed E-state index contributed by atoms with van der Waals surface area (Å²) in [7, 11) is 0. The summed E-state index contributed by atoms with van der Waals surface area (Å²) in [4.78, 5) is 68.9. The molecule has 8 heterocycles. The molecule has 392 valence electrons. The molecule has 0 fully saturated rings. The van der Waals surface area contributed by atoms with Crippen LogP contribution in [0, 0.1) is 0 Å². The largest absolute Gasteiger partial charge is 0.397 e. The summed E-state index contributed by atoms with van der Waals surface area (Å²) >= 11 is 21.3. The Hall–Kier alpha value is -8.59. The lowest BCUT2D eigenvalue weighted by Gasteiger charge is -2.22. The molecule has 0 saturated carbocycles. The topological polar surface area (TPSA) is 210 Å². The fourth-order valence-corrected chi connectivity index (χ4v) is 10.4. The maximum absolute atomic E-state index is 14.3. The third kappa shape index (κ3) is 12.0. The normalized spacial score (nSPS) is 11.5. The molecule has 0 aliphatic rings. The van der Waals surface area contributed by atoms with Gasteiger partial charge in [-0.05, 0) is 96.5 Å². The van der Waals surface area contributed by atoms with E-state index in [0.29, 0.717) is 44.8 Å². The lowest BCUT2D eigenvalue weighted by atomic mass is 9.98. The molecule has 12 aromatic rings. The van der Waals surface area contributed by atoms with E-state index in [1.54, 1.807) is 44.9 Å². The van der Waals surface area contributed by atoms with Gasteiger partial charge in [-0.15, -0.1) is 22.7 Å². The molecular weight excluding hydrogens is 1110 g/mol. The molecule has 22 heteroatoms. The Morgan fingerprint density at radius 2 is 1.08 bits per heavy atom. The van der Waals surface area contributed by atoms with Crippen LogP contribution in [0.5, 0.6) is 0 Å². The fraction of sp³-hybridized carbons (Fsp3) is 0.0877. The summed E-state index contributed by atoms with van der Waals surface area (Å²) < 4.78 is 3.44. The minimum atomic E-state index is -0.280. The van der Waals surface area contributed by atoms with Crippen molar-refractivity contribution in [2.45, 2.75) is 33.4 Å². The Morgan fingerprint density at radius 3 is 1.53 bits per heavy atom. The number of thiocarbonyl (C=S) groups is 2. The number of aromatic nitrogens is 10. The van der Waals surface area contributed by atoms with Crippen LogP contribution in [0.15, 0.2) is 184 Å². The highest BCUT2D eigenvalue weighted by molar-refractivity contribution is 7.86. The van der Waals surface area contributed by atoms with E-state index >= 15 is 0 Å². The number of nitrogens with one attached hydrogen (secondary N) is 2. The molecule has 8 aromatic heterocycles. The van der Waals surface area contributed by atoms with Crippen molar-refractivity contribution in [3.63, 3.8) is 0 Å². The molecule has 0 saturated heterocycles. The number of thiazole rings is 2. The average molecular weight is 1160 g/mol. The minimum absolute atomic E-state index is 0. The average Bonchev–Trinajstić information content (AvgIpc) is 4.33. The number of para-hydroxylation sites is 2. The van der Waals surface area contributed by atoms with Gasteiger partial charge in [0.15, 0.2) is 15.4 Å². The van der Waals surface area contributed by atoms with Gasteiger partial charge in [0, 0.05) is 52.5 Å². The highest BCUT2D eigenvalue weighted by Crippen LogP contribution is 2.34. The zero-order valence-corrected chi connectivity index (χ0v) is 45.8. The van der Waals surface area contributed by atoms with Gasteiger partial charge in [0.1, 0.15) is 33.3 Å². The van der Waals surface area contributed by atoms with Crippen LogP contribution in [0.25, 0.3) is 75.9 Å². The molecule has 4 aromatic carbocycles. The quantitative estimate of drug-likeness (QED) is 0.0625. The first-order valence-corrected chi connectivity index (χ1v) is 27.0. The number of fused-ring (bicyclic) bond motifs is 4. The van der Waals surface area contributed by atoms with Crippen LogP contribution >= 0.6 is 70.3 Å². The number of nitrogen functional groups attached to an aromatic ring is 1. The predicted octanol–water partition coefficient (Wildman–Crippen LogP) is 14.0. The van der Waals surface area contributed by atoms with E-state index in [4.69, 9.17) is 41.2 Å². The number of anilines is 3. The van der Waals surface area contributed by atoms with Gasteiger partial charge in [0.05, 0.1) is 56.6 Å². The molecule has 2 atom stereocenters. The van der Waals surface area contributed by atoms with Crippen molar-refractivity contribution in [3.05, 3.63) is 202 Å². The SMILES string of the molecule is C.C[C@H](Nc1ncnc2scnc12)c1cc2cccc(-c3cncc(N)c3)c2c(=O)n1-c1ccccc1.C[C@H](Nc1ncnc2scnc12)c1cc2cccc(-c3cncc(N=C=S)c3)c2c(=O)n1-c1ccccc1.S=C(Cl)Cl. The zero-order valence-electron chi connectivity index (χ0n) is 41.0. The highest BCUT2D eigenvalue weighted by atomic mass is 35.5. The molecule has 79 heavy (non-hydrogen) atoms. The van der Waals surface area contributed by atoms with Gasteiger partial charge in [-0.2, -0.15) is 4.99 Å². The van der Waals surface area contributed by atoms with Crippen LogP contribution < -0.4 is 27.5 Å². The van der Waals surface area contributed by atoms with Gasteiger partial charge in [-0.3, -0.25) is 28.7 Å². The van der Waals surface area contributed by atoms with E-state index in [-0.39, 0.29) is 34.4 Å². The number of rotatable bonds is 11. The molecule has 0 aliphatic heterocycles. The number of hydrogen-bond acceptors (Lipinski definition) is 18. The third-order valence-corrected chi connectivity index (χ3v) is 13.9. The summed E-state index contributed by atoms with van der Waals surface area (Å²) in [6.45, 7) is 4.01. The Bertz CT molecular complexity index is 4360. The first-order valence-electron chi connectivity index (χ1n) is 23.7. The summed E-state index contributed by atoms with van der Waals surface area (Å²) in [5, 5.41) is 12.1. The molecule has 4 N–H and O–H groups in total. The maximum Gasteiger partial charge on any atom is 0.263 e.